The fraction of sp³-hybridized carbons (Fsp3) is 0. The standard InChI is InChI=1S/C17H10OS2/c18-17(16-10-15-14(20-16)7-8-19-15)13-6-5-11-3-1-2-4-12(11)9-13/h1-10H. The highest BCUT2D eigenvalue weighted by Gasteiger charge is 2.13. The summed E-state index contributed by atoms with van der Waals surface area (Å²) in [7, 11) is 0. The lowest BCUT2D eigenvalue weighted by molar-refractivity contribution is 0.104. The third-order valence-electron chi connectivity index (χ3n) is 3.37. The fourth-order valence-corrected chi connectivity index (χ4v) is 4.42. The van der Waals surface area contributed by atoms with Gasteiger partial charge in [-0.1, -0.05) is 36.4 Å². The van der Waals surface area contributed by atoms with Crippen molar-refractivity contribution in [3.05, 3.63) is 70.4 Å². The number of hydrogen-bond donors (Lipinski definition) is 0. The van der Waals surface area contributed by atoms with Gasteiger partial charge in [0.25, 0.3) is 0 Å². The van der Waals surface area contributed by atoms with Crippen LogP contribution in [-0.2, 0) is 0 Å². The summed E-state index contributed by atoms with van der Waals surface area (Å²) >= 11 is 3.25. The van der Waals surface area contributed by atoms with E-state index in [-0.39, 0.29) is 5.78 Å². The van der Waals surface area contributed by atoms with E-state index in [1.807, 2.05) is 42.5 Å². The van der Waals surface area contributed by atoms with E-state index in [4.69, 9.17) is 0 Å². The van der Waals surface area contributed by atoms with Gasteiger partial charge in [-0.05, 0) is 34.4 Å². The summed E-state index contributed by atoms with van der Waals surface area (Å²) in [5.41, 5.74) is 0.762. The largest absolute Gasteiger partial charge is 0.288 e. The first-order valence-electron chi connectivity index (χ1n) is 6.32. The van der Waals surface area contributed by atoms with Gasteiger partial charge in [0.05, 0.1) is 4.88 Å². The molecule has 0 aliphatic carbocycles. The Kier molecular flexibility index (Phi) is 2.69. The van der Waals surface area contributed by atoms with Gasteiger partial charge >= 0.3 is 0 Å². The molecule has 0 fully saturated rings. The van der Waals surface area contributed by atoms with Crippen LogP contribution in [0.25, 0.3) is 20.2 Å². The summed E-state index contributed by atoms with van der Waals surface area (Å²) in [5.74, 6) is 0.115. The number of thiophene rings is 2. The number of rotatable bonds is 2. The maximum Gasteiger partial charge on any atom is 0.203 e. The van der Waals surface area contributed by atoms with Crippen molar-refractivity contribution in [1.82, 2.24) is 0 Å². The van der Waals surface area contributed by atoms with Crippen LogP contribution in [0.2, 0.25) is 0 Å². The minimum absolute atomic E-state index is 0.115. The van der Waals surface area contributed by atoms with Gasteiger partial charge in [-0.3, -0.25) is 4.79 Å². The van der Waals surface area contributed by atoms with Gasteiger partial charge in [-0.15, -0.1) is 22.7 Å². The molecule has 1 nitrogen and oxygen atoms in total. The number of carbonyl (C=O) groups is 1. The first-order valence-corrected chi connectivity index (χ1v) is 8.01. The number of fused-ring (bicyclic) bond motifs is 2. The second kappa shape index (κ2) is 4.54. The van der Waals surface area contributed by atoms with Crippen LogP contribution < -0.4 is 0 Å². The molecule has 3 heteroatoms. The van der Waals surface area contributed by atoms with Crippen LogP contribution >= 0.6 is 22.7 Å². The maximum absolute atomic E-state index is 12.6. The van der Waals surface area contributed by atoms with Crippen LogP contribution in [-0.4, -0.2) is 5.78 Å². The molecular formula is C17H10OS2. The molecule has 0 atom stereocenters. The zero-order valence-corrected chi connectivity index (χ0v) is 12.1. The van der Waals surface area contributed by atoms with Crippen molar-refractivity contribution < 1.29 is 4.79 Å². The minimum Gasteiger partial charge on any atom is -0.288 e. The highest BCUT2D eigenvalue weighted by atomic mass is 32.1. The molecule has 0 bridgehead atoms. The second-order valence-corrected chi connectivity index (χ2v) is 6.68. The third-order valence-corrected chi connectivity index (χ3v) is 5.47. The van der Waals surface area contributed by atoms with Crippen LogP contribution in [0, 0.1) is 0 Å². The molecule has 20 heavy (non-hydrogen) atoms. The van der Waals surface area contributed by atoms with Crippen molar-refractivity contribution in [2.75, 3.05) is 0 Å². The Labute approximate surface area is 124 Å². The average molecular weight is 294 g/mol. The van der Waals surface area contributed by atoms with Gasteiger partial charge < -0.3 is 0 Å². The number of carbonyl (C=O) groups excluding carboxylic acids is 1. The quantitative estimate of drug-likeness (QED) is 0.456. The molecule has 2 aromatic carbocycles. The van der Waals surface area contributed by atoms with E-state index in [0.717, 1.165) is 21.2 Å². The van der Waals surface area contributed by atoms with Crippen LogP contribution in [0.15, 0.2) is 60.0 Å². The minimum atomic E-state index is 0.115. The van der Waals surface area contributed by atoms with Crippen LogP contribution in [0.1, 0.15) is 15.2 Å². The van der Waals surface area contributed by atoms with Gasteiger partial charge in [0.1, 0.15) is 0 Å². The summed E-state index contributed by atoms with van der Waals surface area (Å²) in [6.45, 7) is 0. The van der Waals surface area contributed by atoms with E-state index in [9.17, 15) is 4.79 Å². The van der Waals surface area contributed by atoms with E-state index in [0.29, 0.717) is 0 Å². The normalized spacial score (nSPS) is 11.2. The predicted molar refractivity (Wildman–Crippen MR) is 87.1 cm³/mol. The van der Waals surface area contributed by atoms with Crippen molar-refractivity contribution in [2.45, 2.75) is 0 Å². The van der Waals surface area contributed by atoms with Crippen molar-refractivity contribution in [3.8, 4) is 0 Å². The Balaban J connectivity index is 1.81. The topological polar surface area (TPSA) is 17.1 Å². The van der Waals surface area contributed by atoms with Crippen molar-refractivity contribution in [2.24, 2.45) is 0 Å². The molecule has 0 unspecified atom stereocenters. The molecule has 2 aromatic heterocycles. The monoisotopic (exact) mass is 294 g/mol. The molecule has 0 saturated heterocycles. The van der Waals surface area contributed by atoms with Crippen LogP contribution in [0.5, 0.6) is 0 Å². The number of ketones is 1. The Hall–Kier alpha value is -1.97. The van der Waals surface area contributed by atoms with Gasteiger partial charge in [-0.2, -0.15) is 0 Å². The molecule has 2 heterocycles. The van der Waals surface area contributed by atoms with Crippen LogP contribution in [0.3, 0.4) is 0 Å². The van der Waals surface area contributed by atoms with Crippen molar-refractivity contribution in [3.63, 3.8) is 0 Å². The lowest BCUT2D eigenvalue weighted by Crippen LogP contribution is -1.97. The fourth-order valence-electron chi connectivity index (χ4n) is 2.35. The zero-order chi connectivity index (χ0) is 13.5. The molecule has 0 saturated carbocycles. The van der Waals surface area contributed by atoms with E-state index < -0.39 is 0 Å². The molecule has 0 N–H and O–H groups in total. The number of benzene rings is 2. The summed E-state index contributed by atoms with van der Waals surface area (Å²) in [4.78, 5) is 13.4. The Morgan fingerprint density at radius 2 is 1.70 bits per heavy atom. The van der Waals surface area contributed by atoms with E-state index >= 15 is 0 Å². The van der Waals surface area contributed by atoms with Crippen LogP contribution in [0.4, 0.5) is 0 Å². The Morgan fingerprint density at radius 1 is 0.850 bits per heavy atom. The molecule has 0 amide bonds. The van der Waals surface area contributed by atoms with Crippen molar-refractivity contribution >= 4 is 48.6 Å². The molecule has 96 valence electrons. The molecule has 4 aromatic rings. The SMILES string of the molecule is O=C(c1ccc2ccccc2c1)c1cc2sccc2s1. The highest BCUT2D eigenvalue weighted by molar-refractivity contribution is 7.28. The van der Waals surface area contributed by atoms with Gasteiger partial charge in [-0.25, -0.2) is 0 Å². The highest BCUT2D eigenvalue weighted by Crippen LogP contribution is 2.31. The predicted octanol–water partition coefficient (Wildman–Crippen LogP) is 5.35. The van der Waals surface area contributed by atoms with E-state index in [1.165, 1.54) is 9.40 Å². The third kappa shape index (κ3) is 1.87. The summed E-state index contributed by atoms with van der Waals surface area (Å²) in [5, 5.41) is 4.33. The zero-order valence-electron chi connectivity index (χ0n) is 10.5. The average Bonchev–Trinajstić information content (AvgIpc) is 3.07. The van der Waals surface area contributed by atoms with Gasteiger partial charge in [0, 0.05) is 15.0 Å². The maximum atomic E-state index is 12.6. The Morgan fingerprint density at radius 3 is 2.55 bits per heavy atom. The van der Waals surface area contributed by atoms with E-state index in [2.05, 4.69) is 17.5 Å². The second-order valence-electron chi connectivity index (χ2n) is 4.65. The van der Waals surface area contributed by atoms with Crippen molar-refractivity contribution in [1.29, 1.82) is 0 Å². The molecule has 0 aliphatic heterocycles. The molecular weight excluding hydrogens is 284 g/mol. The lowest BCUT2D eigenvalue weighted by atomic mass is 10.0. The summed E-state index contributed by atoms with van der Waals surface area (Å²) in [6.07, 6.45) is 0. The lowest BCUT2D eigenvalue weighted by Gasteiger charge is -2.01. The molecule has 0 radical (unpaired) electrons. The number of hydrogen-bond acceptors (Lipinski definition) is 3. The smallest absolute Gasteiger partial charge is 0.203 e. The first kappa shape index (κ1) is 11.8. The first-order chi connectivity index (χ1) is 9.81. The van der Waals surface area contributed by atoms with Gasteiger partial charge in [0.2, 0.25) is 5.78 Å². The van der Waals surface area contributed by atoms with Gasteiger partial charge in [0.15, 0.2) is 0 Å². The van der Waals surface area contributed by atoms with E-state index in [1.54, 1.807) is 22.7 Å². The molecule has 4 rings (SSSR count). The Bertz CT molecular complexity index is 902. The molecule has 0 spiro atoms. The summed E-state index contributed by atoms with van der Waals surface area (Å²) < 4.78 is 2.39. The molecule has 0 aliphatic rings. The summed E-state index contributed by atoms with van der Waals surface area (Å²) in [6, 6.07) is 18.1.